The maximum Gasteiger partial charge on any atom is 0.227 e. The van der Waals surface area contributed by atoms with Gasteiger partial charge in [-0.1, -0.05) is 0 Å². The minimum atomic E-state index is 0.0287. The van der Waals surface area contributed by atoms with Crippen LogP contribution in [-0.4, -0.2) is 38.7 Å². The highest BCUT2D eigenvalue weighted by molar-refractivity contribution is 5.82. The van der Waals surface area contributed by atoms with Gasteiger partial charge in [0.2, 0.25) is 5.91 Å². The standard InChI is InChI=1S/C11H17N5O/c1-15(11(17)7-5-8(7)12)6-10-14-13-9-3-2-4-16(9)10/h7-8H,2-6,12H2,1H3. The number of hydrogen-bond acceptors (Lipinski definition) is 4. The van der Waals surface area contributed by atoms with Gasteiger partial charge in [0.25, 0.3) is 0 Å². The van der Waals surface area contributed by atoms with Gasteiger partial charge in [0.15, 0.2) is 5.82 Å². The molecule has 1 saturated carbocycles. The Labute approximate surface area is 99.8 Å². The first-order valence-electron chi connectivity index (χ1n) is 6.08. The van der Waals surface area contributed by atoms with Crippen molar-refractivity contribution in [3.8, 4) is 0 Å². The maximum absolute atomic E-state index is 11.9. The monoisotopic (exact) mass is 235 g/mol. The molecule has 2 heterocycles. The van der Waals surface area contributed by atoms with Crippen LogP contribution >= 0.6 is 0 Å². The fourth-order valence-corrected chi connectivity index (χ4v) is 2.40. The lowest BCUT2D eigenvalue weighted by molar-refractivity contribution is -0.132. The van der Waals surface area contributed by atoms with Crippen molar-refractivity contribution in [1.29, 1.82) is 0 Å². The van der Waals surface area contributed by atoms with Crippen molar-refractivity contribution >= 4 is 5.91 Å². The van der Waals surface area contributed by atoms with Gasteiger partial charge in [-0.05, 0) is 12.8 Å². The summed E-state index contributed by atoms with van der Waals surface area (Å²) in [5, 5.41) is 8.28. The van der Waals surface area contributed by atoms with Crippen LogP contribution in [0.1, 0.15) is 24.5 Å². The predicted octanol–water partition coefficient (Wildman–Crippen LogP) is -0.470. The summed E-state index contributed by atoms with van der Waals surface area (Å²) in [6.07, 6.45) is 2.95. The van der Waals surface area contributed by atoms with E-state index in [0.29, 0.717) is 6.54 Å². The Bertz CT molecular complexity index is 455. The first-order valence-corrected chi connectivity index (χ1v) is 6.08. The van der Waals surface area contributed by atoms with Crippen LogP contribution in [0.4, 0.5) is 0 Å². The molecule has 2 unspecified atom stereocenters. The SMILES string of the molecule is CN(Cc1nnc2n1CCC2)C(=O)C1CC1N. The molecule has 2 atom stereocenters. The van der Waals surface area contributed by atoms with Gasteiger partial charge >= 0.3 is 0 Å². The summed E-state index contributed by atoms with van der Waals surface area (Å²) in [6.45, 7) is 1.51. The molecule has 1 aliphatic heterocycles. The third kappa shape index (κ3) is 1.82. The molecule has 92 valence electrons. The highest BCUT2D eigenvalue weighted by Crippen LogP contribution is 2.30. The number of aromatic nitrogens is 3. The second kappa shape index (κ2) is 3.80. The van der Waals surface area contributed by atoms with E-state index in [1.807, 2.05) is 7.05 Å². The van der Waals surface area contributed by atoms with Crippen LogP contribution in [0.25, 0.3) is 0 Å². The van der Waals surface area contributed by atoms with Crippen LogP contribution < -0.4 is 5.73 Å². The Morgan fingerprint density at radius 1 is 1.59 bits per heavy atom. The van der Waals surface area contributed by atoms with E-state index in [2.05, 4.69) is 14.8 Å². The molecule has 1 aromatic rings. The van der Waals surface area contributed by atoms with E-state index in [4.69, 9.17) is 5.73 Å². The largest absolute Gasteiger partial charge is 0.338 e. The molecule has 1 aromatic heterocycles. The number of hydrogen-bond donors (Lipinski definition) is 1. The molecule has 0 aromatic carbocycles. The molecule has 1 fully saturated rings. The topological polar surface area (TPSA) is 77.0 Å². The lowest BCUT2D eigenvalue weighted by atomic mass is 10.3. The molecule has 0 bridgehead atoms. The first kappa shape index (κ1) is 10.7. The van der Waals surface area contributed by atoms with Gasteiger partial charge in [0.05, 0.1) is 12.5 Å². The van der Waals surface area contributed by atoms with E-state index < -0.39 is 0 Å². The van der Waals surface area contributed by atoms with Crippen LogP contribution in [0.5, 0.6) is 0 Å². The Morgan fingerprint density at radius 3 is 3.06 bits per heavy atom. The lowest BCUT2D eigenvalue weighted by Gasteiger charge is -2.16. The molecule has 2 N–H and O–H groups in total. The summed E-state index contributed by atoms with van der Waals surface area (Å²) in [5.74, 6) is 2.10. The van der Waals surface area contributed by atoms with Crippen LogP contribution in [0, 0.1) is 5.92 Å². The summed E-state index contributed by atoms with van der Waals surface area (Å²) < 4.78 is 2.12. The highest BCUT2D eigenvalue weighted by Gasteiger charge is 2.41. The van der Waals surface area contributed by atoms with E-state index in [-0.39, 0.29) is 17.9 Å². The van der Waals surface area contributed by atoms with Crippen molar-refractivity contribution in [3.05, 3.63) is 11.6 Å². The van der Waals surface area contributed by atoms with Crippen molar-refractivity contribution in [1.82, 2.24) is 19.7 Å². The fourth-order valence-electron chi connectivity index (χ4n) is 2.40. The third-order valence-electron chi connectivity index (χ3n) is 3.60. The van der Waals surface area contributed by atoms with Gasteiger partial charge in [0, 0.05) is 26.1 Å². The Kier molecular flexibility index (Phi) is 2.39. The molecule has 6 nitrogen and oxygen atoms in total. The molecule has 1 aliphatic carbocycles. The van der Waals surface area contributed by atoms with E-state index in [1.165, 1.54) is 0 Å². The van der Waals surface area contributed by atoms with Gasteiger partial charge < -0.3 is 15.2 Å². The van der Waals surface area contributed by atoms with Crippen LogP contribution in [0.3, 0.4) is 0 Å². The zero-order valence-electron chi connectivity index (χ0n) is 9.96. The Hall–Kier alpha value is -1.43. The van der Waals surface area contributed by atoms with Gasteiger partial charge in [-0.3, -0.25) is 4.79 Å². The van der Waals surface area contributed by atoms with Crippen molar-refractivity contribution in [3.63, 3.8) is 0 Å². The third-order valence-corrected chi connectivity index (χ3v) is 3.60. The predicted molar refractivity (Wildman–Crippen MR) is 60.9 cm³/mol. The Morgan fingerprint density at radius 2 is 2.35 bits per heavy atom. The van der Waals surface area contributed by atoms with Gasteiger partial charge in [0.1, 0.15) is 5.82 Å². The summed E-state index contributed by atoms with van der Waals surface area (Å²) in [4.78, 5) is 13.6. The minimum Gasteiger partial charge on any atom is -0.338 e. The van der Waals surface area contributed by atoms with Crippen molar-refractivity contribution in [2.45, 2.75) is 38.4 Å². The Balaban J connectivity index is 1.68. The van der Waals surface area contributed by atoms with Gasteiger partial charge in [-0.25, -0.2) is 0 Å². The highest BCUT2D eigenvalue weighted by atomic mass is 16.2. The van der Waals surface area contributed by atoms with Crippen LogP contribution in [0.15, 0.2) is 0 Å². The summed E-state index contributed by atoms with van der Waals surface area (Å²) >= 11 is 0. The van der Waals surface area contributed by atoms with Gasteiger partial charge in [-0.15, -0.1) is 10.2 Å². The van der Waals surface area contributed by atoms with Gasteiger partial charge in [-0.2, -0.15) is 0 Å². The smallest absolute Gasteiger partial charge is 0.227 e. The number of nitrogens with two attached hydrogens (primary N) is 1. The average molecular weight is 235 g/mol. The lowest BCUT2D eigenvalue weighted by Crippen LogP contribution is -2.30. The molecule has 6 heteroatoms. The van der Waals surface area contributed by atoms with Crippen molar-refractivity contribution in [2.24, 2.45) is 11.7 Å². The first-order chi connectivity index (χ1) is 8.16. The molecule has 0 radical (unpaired) electrons. The molecule has 2 aliphatic rings. The molecular formula is C11H17N5O. The number of amides is 1. The molecule has 3 rings (SSSR count). The second-order valence-corrected chi connectivity index (χ2v) is 4.99. The number of fused-ring (bicyclic) bond motifs is 1. The number of carbonyl (C=O) groups excluding carboxylic acids is 1. The zero-order chi connectivity index (χ0) is 12.0. The summed E-state index contributed by atoms with van der Waals surface area (Å²) in [5.41, 5.74) is 5.69. The summed E-state index contributed by atoms with van der Waals surface area (Å²) in [7, 11) is 1.81. The fraction of sp³-hybridized carbons (Fsp3) is 0.727. The quantitative estimate of drug-likeness (QED) is 0.768. The van der Waals surface area contributed by atoms with Crippen LogP contribution in [-0.2, 0) is 24.3 Å². The van der Waals surface area contributed by atoms with E-state index >= 15 is 0 Å². The second-order valence-electron chi connectivity index (χ2n) is 4.99. The van der Waals surface area contributed by atoms with Crippen LogP contribution in [0.2, 0.25) is 0 Å². The molecule has 17 heavy (non-hydrogen) atoms. The molecule has 0 saturated heterocycles. The number of carbonyl (C=O) groups is 1. The minimum absolute atomic E-state index is 0.0287. The normalized spacial score (nSPS) is 25.8. The van der Waals surface area contributed by atoms with E-state index in [9.17, 15) is 4.79 Å². The van der Waals surface area contributed by atoms with E-state index in [0.717, 1.165) is 37.5 Å². The molecule has 1 amide bonds. The zero-order valence-corrected chi connectivity index (χ0v) is 9.96. The molecular weight excluding hydrogens is 218 g/mol. The maximum atomic E-state index is 11.9. The average Bonchev–Trinajstić information content (AvgIpc) is 2.75. The van der Waals surface area contributed by atoms with Crippen molar-refractivity contribution < 1.29 is 4.79 Å². The number of aryl methyl sites for hydroxylation is 1. The number of nitrogens with zero attached hydrogens (tertiary/aromatic N) is 4. The molecule has 0 spiro atoms. The van der Waals surface area contributed by atoms with E-state index in [1.54, 1.807) is 4.90 Å². The van der Waals surface area contributed by atoms with Crippen molar-refractivity contribution in [2.75, 3.05) is 7.05 Å². The summed E-state index contributed by atoms with van der Waals surface area (Å²) in [6, 6.07) is 0.0639. The number of rotatable bonds is 3.